The molecule has 0 unspecified atom stereocenters. The van der Waals surface area contributed by atoms with E-state index in [1.54, 1.807) is 24.3 Å². The highest BCUT2D eigenvalue weighted by molar-refractivity contribution is 9.10. The number of rotatable bonds is 4. The molecule has 0 aromatic heterocycles. The molecule has 102 valence electrons. The van der Waals surface area contributed by atoms with Crippen molar-refractivity contribution in [3.8, 4) is 11.5 Å². The Morgan fingerprint density at radius 3 is 2.50 bits per heavy atom. The van der Waals surface area contributed by atoms with Gasteiger partial charge in [-0.2, -0.15) is 0 Å². The first-order chi connectivity index (χ1) is 9.49. The lowest BCUT2D eigenvalue weighted by Crippen LogP contribution is -2.11. The Labute approximate surface area is 122 Å². The van der Waals surface area contributed by atoms with Gasteiger partial charge >= 0.3 is 5.69 Å². The lowest BCUT2D eigenvalue weighted by molar-refractivity contribution is -0.385. The largest absolute Gasteiger partial charge is 0.449 e. The minimum atomic E-state index is -0.736. The van der Waals surface area contributed by atoms with Crippen LogP contribution in [0.5, 0.6) is 11.5 Å². The summed E-state index contributed by atoms with van der Waals surface area (Å²) >= 11 is 3.28. The number of benzene rings is 2. The maximum absolute atomic E-state index is 11.1. The number of primary amides is 1. The second kappa shape index (κ2) is 5.70. The Hall–Kier alpha value is -2.41. The van der Waals surface area contributed by atoms with E-state index in [2.05, 4.69) is 15.9 Å². The number of nitrogens with two attached hydrogens (primary N) is 1. The van der Waals surface area contributed by atoms with E-state index in [1.165, 1.54) is 12.1 Å². The molecule has 2 aromatic rings. The summed E-state index contributed by atoms with van der Waals surface area (Å²) in [6, 6.07) is 10.8. The van der Waals surface area contributed by atoms with E-state index in [0.717, 1.165) is 6.07 Å². The van der Waals surface area contributed by atoms with Gasteiger partial charge in [0.25, 0.3) is 0 Å². The molecule has 0 aliphatic carbocycles. The van der Waals surface area contributed by atoms with Crippen molar-refractivity contribution < 1.29 is 14.5 Å². The first kappa shape index (κ1) is 14.0. The van der Waals surface area contributed by atoms with Crippen molar-refractivity contribution in [2.45, 2.75) is 0 Å². The normalized spacial score (nSPS) is 10.1. The molecule has 0 heterocycles. The third-order valence-electron chi connectivity index (χ3n) is 2.50. The fourth-order valence-electron chi connectivity index (χ4n) is 1.55. The lowest BCUT2D eigenvalue weighted by Gasteiger charge is -2.08. The highest BCUT2D eigenvalue weighted by atomic mass is 79.9. The number of para-hydroxylation sites is 1. The summed E-state index contributed by atoms with van der Waals surface area (Å²) in [7, 11) is 0. The Bertz CT molecular complexity index is 688. The zero-order valence-corrected chi connectivity index (χ0v) is 11.7. The standard InChI is InChI=1S/C13H9BrN2O4/c14-9-3-1-2-4-11(9)20-12-6-5-8(13(15)17)7-10(12)16(18)19/h1-7H,(H2,15,17). The molecule has 0 spiro atoms. The number of ether oxygens (including phenoxy) is 1. The summed E-state index contributed by atoms with van der Waals surface area (Å²) in [4.78, 5) is 21.5. The third-order valence-corrected chi connectivity index (χ3v) is 3.15. The SMILES string of the molecule is NC(=O)c1ccc(Oc2ccccc2Br)c([N+](=O)[O-])c1. The van der Waals surface area contributed by atoms with E-state index in [0.29, 0.717) is 10.2 Å². The number of amides is 1. The number of nitro groups is 1. The average Bonchev–Trinajstić information content (AvgIpc) is 2.41. The van der Waals surface area contributed by atoms with E-state index >= 15 is 0 Å². The van der Waals surface area contributed by atoms with Crippen LogP contribution in [-0.2, 0) is 0 Å². The summed E-state index contributed by atoms with van der Waals surface area (Å²) < 4.78 is 6.16. The van der Waals surface area contributed by atoms with Crippen LogP contribution in [-0.4, -0.2) is 10.8 Å². The topological polar surface area (TPSA) is 95.5 Å². The van der Waals surface area contributed by atoms with E-state index in [-0.39, 0.29) is 17.0 Å². The summed E-state index contributed by atoms with van der Waals surface area (Å²) in [5.41, 5.74) is 4.83. The smallest absolute Gasteiger partial charge is 0.312 e. The second-order valence-corrected chi connectivity index (χ2v) is 4.69. The summed E-state index contributed by atoms with van der Waals surface area (Å²) in [5, 5.41) is 11.0. The lowest BCUT2D eigenvalue weighted by atomic mass is 10.2. The average molecular weight is 337 g/mol. The minimum Gasteiger partial charge on any atom is -0.449 e. The van der Waals surface area contributed by atoms with Crippen LogP contribution < -0.4 is 10.5 Å². The summed E-state index contributed by atoms with van der Waals surface area (Å²) in [5.74, 6) is -0.269. The zero-order valence-electron chi connectivity index (χ0n) is 10.1. The number of nitrogens with zero attached hydrogens (tertiary/aromatic N) is 1. The molecule has 20 heavy (non-hydrogen) atoms. The van der Waals surface area contributed by atoms with Crippen LogP contribution in [0.15, 0.2) is 46.9 Å². The number of halogens is 1. The quantitative estimate of drug-likeness (QED) is 0.684. The molecule has 0 aliphatic heterocycles. The molecule has 0 atom stereocenters. The van der Waals surface area contributed by atoms with Gasteiger partial charge in [0.05, 0.1) is 9.40 Å². The summed E-state index contributed by atoms with van der Waals surface area (Å²) in [6.07, 6.45) is 0. The molecular formula is C13H9BrN2O4. The van der Waals surface area contributed by atoms with Crippen LogP contribution in [0.25, 0.3) is 0 Å². The molecule has 0 aliphatic rings. The third kappa shape index (κ3) is 2.94. The second-order valence-electron chi connectivity index (χ2n) is 3.84. The number of carbonyl (C=O) groups excluding carboxylic acids is 1. The fourth-order valence-corrected chi connectivity index (χ4v) is 1.91. The molecular weight excluding hydrogens is 328 g/mol. The molecule has 2 N–H and O–H groups in total. The van der Waals surface area contributed by atoms with Gasteiger partial charge in [0, 0.05) is 11.6 Å². The highest BCUT2D eigenvalue weighted by Gasteiger charge is 2.19. The number of hydrogen-bond donors (Lipinski definition) is 1. The van der Waals surface area contributed by atoms with Crippen LogP contribution >= 0.6 is 15.9 Å². The number of carbonyl (C=O) groups is 1. The molecule has 6 nitrogen and oxygen atoms in total. The predicted octanol–water partition coefficient (Wildman–Crippen LogP) is 3.25. The van der Waals surface area contributed by atoms with Crippen LogP contribution in [0.1, 0.15) is 10.4 Å². The molecule has 0 saturated carbocycles. The fraction of sp³-hybridized carbons (Fsp3) is 0. The number of nitro benzene ring substituents is 1. The molecule has 1 amide bonds. The first-order valence-corrected chi connectivity index (χ1v) is 6.29. The van der Waals surface area contributed by atoms with Gasteiger partial charge in [-0.05, 0) is 40.2 Å². The van der Waals surface area contributed by atoms with Gasteiger partial charge in [-0.3, -0.25) is 14.9 Å². The minimum absolute atomic E-state index is 0.0342. The molecule has 2 rings (SSSR count). The van der Waals surface area contributed by atoms with Crippen molar-refractivity contribution in [1.29, 1.82) is 0 Å². The van der Waals surface area contributed by atoms with Gasteiger partial charge in [-0.15, -0.1) is 0 Å². The molecule has 7 heteroatoms. The molecule has 0 fully saturated rings. The van der Waals surface area contributed by atoms with Gasteiger partial charge in [0.15, 0.2) is 0 Å². The van der Waals surface area contributed by atoms with Gasteiger partial charge in [-0.25, -0.2) is 0 Å². The Balaban J connectivity index is 2.44. The van der Waals surface area contributed by atoms with Crippen molar-refractivity contribution >= 4 is 27.5 Å². The number of hydrogen-bond acceptors (Lipinski definition) is 4. The maximum Gasteiger partial charge on any atom is 0.312 e. The van der Waals surface area contributed by atoms with Crippen LogP contribution in [0.4, 0.5) is 5.69 Å². The Kier molecular flexibility index (Phi) is 3.99. The molecule has 0 radical (unpaired) electrons. The van der Waals surface area contributed by atoms with Crippen molar-refractivity contribution in [2.24, 2.45) is 5.73 Å². The van der Waals surface area contributed by atoms with Gasteiger partial charge < -0.3 is 10.5 Å². The Morgan fingerprint density at radius 2 is 1.90 bits per heavy atom. The molecule has 2 aromatic carbocycles. The van der Waals surface area contributed by atoms with Gasteiger partial charge in [0.1, 0.15) is 5.75 Å². The van der Waals surface area contributed by atoms with Crippen molar-refractivity contribution in [3.05, 3.63) is 62.6 Å². The van der Waals surface area contributed by atoms with E-state index in [9.17, 15) is 14.9 Å². The van der Waals surface area contributed by atoms with Crippen molar-refractivity contribution in [1.82, 2.24) is 0 Å². The Morgan fingerprint density at radius 1 is 1.20 bits per heavy atom. The van der Waals surface area contributed by atoms with E-state index < -0.39 is 10.8 Å². The zero-order chi connectivity index (χ0) is 14.7. The molecule has 0 bridgehead atoms. The van der Waals surface area contributed by atoms with Crippen molar-refractivity contribution in [2.75, 3.05) is 0 Å². The highest BCUT2D eigenvalue weighted by Crippen LogP contribution is 2.35. The van der Waals surface area contributed by atoms with Crippen LogP contribution in [0, 0.1) is 10.1 Å². The van der Waals surface area contributed by atoms with Gasteiger partial charge in [-0.1, -0.05) is 12.1 Å². The molecule has 0 saturated heterocycles. The van der Waals surface area contributed by atoms with E-state index in [4.69, 9.17) is 10.5 Å². The maximum atomic E-state index is 11.1. The van der Waals surface area contributed by atoms with Gasteiger partial charge in [0.2, 0.25) is 11.7 Å². The first-order valence-electron chi connectivity index (χ1n) is 5.49. The van der Waals surface area contributed by atoms with E-state index in [1.807, 2.05) is 0 Å². The van der Waals surface area contributed by atoms with Crippen LogP contribution in [0.2, 0.25) is 0 Å². The predicted molar refractivity (Wildman–Crippen MR) is 75.8 cm³/mol. The summed E-state index contributed by atoms with van der Waals surface area (Å²) in [6.45, 7) is 0. The van der Waals surface area contributed by atoms with Crippen LogP contribution in [0.3, 0.4) is 0 Å². The monoisotopic (exact) mass is 336 g/mol. The van der Waals surface area contributed by atoms with Crippen molar-refractivity contribution in [3.63, 3.8) is 0 Å².